The molecule has 8 nitrogen and oxygen atoms in total. The van der Waals surface area contributed by atoms with E-state index in [9.17, 15) is 0 Å². The Bertz CT molecular complexity index is 750. The van der Waals surface area contributed by atoms with Crippen molar-refractivity contribution in [2.75, 3.05) is 0 Å². The molecule has 3 heterocycles. The molecule has 8 heteroatoms. The van der Waals surface area contributed by atoms with Crippen molar-refractivity contribution in [3.05, 3.63) is 53.5 Å². The van der Waals surface area contributed by atoms with Crippen molar-refractivity contribution in [3.8, 4) is 5.82 Å². The maximum Gasteiger partial charge on any atom is 0.172 e. The summed E-state index contributed by atoms with van der Waals surface area (Å²) in [7, 11) is 0. The van der Waals surface area contributed by atoms with E-state index >= 15 is 0 Å². The van der Waals surface area contributed by atoms with Gasteiger partial charge in [0.1, 0.15) is 0 Å². The highest BCUT2D eigenvalue weighted by atomic mass is 15.6. The Labute approximate surface area is 127 Å². The Morgan fingerprint density at radius 1 is 1.05 bits per heavy atom. The van der Waals surface area contributed by atoms with Gasteiger partial charge in [0.2, 0.25) is 0 Å². The van der Waals surface area contributed by atoms with Crippen LogP contribution in [0.1, 0.15) is 22.9 Å². The van der Waals surface area contributed by atoms with Gasteiger partial charge in [-0.05, 0) is 36.4 Å². The van der Waals surface area contributed by atoms with Crippen LogP contribution in [0.5, 0.6) is 0 Å². The summed E-state index contributed by atoms with van der Waals surface area (Å²) in [5, 5.41) is 15.0. The summed E-state index contributed by atoms with van der Waals surface area (Å²) in [5.41, 5.74) is 2.69. The Balaban J connectivity index is 1.66. The van der Waals surface area contributed by atoms with Gasteiger partial charge in [-0.1, -0.05) is 6.07 Å². The minimum atomic E-state index is 0.512. The number of hydrogen-bond acceptors (Lipinski definition) is 7. The molecule has 0 spiro atoms. The van der Waals surface area contributed by atoms with Gasteiger partial charge in [-0.15, -0.1) is 5.10 Å². The molecule has 112 valence electrons. The van der Waals surface area contributed by atoms with Crippen LogP contribution < -0.4 is 5.32 Å². The van der Waals surface area contributed by atoms with E-state index in [4.69, 9.17) is 0 Å². The average Bonchev–Trinajstić information content (AvgIpc) is 2.98. The van der Waals surface area contributed by atoms with Gasteiger partial charge in [0.15, 0.2) is 11.6 Å². The van der Waals surface area contributed by atoms with Crippen molar-refractivity contribution >= 4 is 0 Å². The van der Waals surface area contributed by atoms with Crippen LogP contribution >= 0.6 is 0 Å². The minimum absolute atomic E-state index is 0.512. The standard InChI is InChI=1S/C14H16N8/c1-10-4-3-5-13(18-10)22-14(19-20-21-22)9-15-7-12-8-16-11(2)6-17-12/h3-6,8,15H,7,9H2,1-2H3. The van der Waals surface area contributed by atoms with Crippen LogP contribution in [0.25, 0.3) is 5.82 Å². The number of nitrogens with one attached hydrogen (secondary N) is 1. The summed E-state index contributed by atoms with van der Waals surface area (Å²) in [4.78, 5) is 12.9. The van der Waals surface area contributed by atoms with Crippen molar-refractivity contribution in [1.82, 2.24) is 40.5 Å². The molecule has 0 aliphatic carbocycles. The van der Waals surface area contributed by atoms with Crippen LogP contribution in [0.4, 0.5) is 0 Å². The summed E-state index contributed by atoms with van der Waals surface area (Å²) >= 11 is 0. The normalized spacial score (nSPS) is 10.8. The number of aromatic nitrogens is 7. The van der Waals surface area contributed by atoms with Gasteiger partial charge in [-0.2, -0.15) is 4.68 Å². The molecule has 0 saturated heterocycles. The van der Waals surface area contributed by atoms with E-state index in [1.807, 2.05) is 32.0 Å². The van der Waals surface area contributed by atoms with Crippen molar-refractivity contribution in [1.29, 1.82) is 0 Å². The molecule has 0 fully saturated rings. The molecule has 0 saturated carbocycles. The first kappa shape index (κ1) is 14.2. The zero-order chi connectivity index (χ0) is 15.4. The van der Waals surface area contributed by atoms with Crippen LogP contribution in [0.2, 0.25) is 0 Å². The molecule has 0 radical (unpaired) electrons. The fourth-order valence-electron chi connectivity index (χ4n) is 1.95. The third kappa shape index (κ3) is 3.29. The lowest BCUT2D eigenvalue weighted by Crippen LogP contribution is -2.18. The largest absolute Gasteiger partial charge is 0.304 e. The van der Waals surface area contributed by atoms with Gasteiger partial charge in [-0.25, -0.2) is 4.98 Å². The number of nitrogens with zero attached hydrogens (tertiary/aromatic N) is 7. The summed E-state index contributed by atoms with van der Waals surface area (Å²) in [6.45, 7) is 4.95. The Kier molecular flexibility index (Phi) is 4.10. The zero-order valence-corrected chi connectivity index (χ0v) is 12.4. The van der Waals surface area contributed by atoms with E-state index in [0.29, 0.717) is 24.7 Å². The number of hydrogen-bond donors (Lipinski definition) is 1. The first-order chi connectivity index (χ1) is 10.7. The van der Waals surface area contributed by atoms with Gasteiger partial charge < -0.3 is 5.32 Å². The molecule has 3 aromatic heterocycles. The minimum Gasteiger partial charge on any atom is -0.304 e. The Hall–Kier alpha value is -2.74. The zero-order valence-electron chi connectivity index (χ0n) is 12.4. The average molecular weight is 296 g/mol. The molecular formula is C14H16N8. The molecule has 1 N–H and O–H groups in total. The first-order valence-electron chi connectivity index (χ1n) is 6.92. The SMILES string of the molecule is Cc1cnc(CNCc2nnnn2-c2cccc(C)n2)cn1. The second-order valence-corrected chi connectivity index (χ2v) is 4.90. The lowest BCUT2D eigenvalue weighted by atomic mass is 10.3. The van der Waals surface area contributed by atoms with E-state index in [1.54, 1.807) is 17.1 Å². The number of aryl methyl sites for hydroxylation is 2. The highest BCUT2D eigenvalue weighted by molar-refractivity contribution is 5.23. The van der Waals surface area contributed by atoms with E-state index in [0.717, 1.165) is 17.1 Å². The highest BCUT2D eigenvalue weighted by Gasteiger charge is 2.09. The van der Waals surface area contributed by atoms with Crippen LogP contribution in [0.15, 0.2) is 30.6 Å². The van der Waals surface area contributed by atoms with Gasteiger partial charge in [0.25, 0.3) is 0 Å². The number of rotatable bonds is 5. The maximum absolute atomic E-state index is 4.42. The molecule has 0 aliphatic heterocycles. The van der Waals surface area contributed by atoms with Crippen LogP contribution in [0.3, 0.4) is 0 Å². The molecular weight excluding hydrogens is 280 g/mol. The lowest BCUT2D eigenvalue weighted by Gasteiger charge is -2.06. The smallest absolute Gasteiger partial charge is 0.172 e. The third-order valence-corrected chi connectivity index (χ3v) is 3.05. The van der Waals surface area contributed by atoms with Gasteiger partial charge >= 0.3 is 0 Å². The van der Waals surface area contributed by atoms with Crippen molar-refractivity contribution in [2.24, 2.45) is 0 Å². The van der Waals surface area contributed by atoms with E-state index < -0.39 is 0 Å². The number of pyridine rings is 1. The molecule has 0 unspecified atom stereocenters. The highest BCUT2D eigenvalue weighted by Crippen LogP contribution is 2.05. The fourth-order valence-corrected chi connectivity index (χ4v) is 1.95. The topological polar surface area (TPSA) is 94.3 Å². The summed E-state index contributed by atoms with van der Waals surface area (Å²) < 4.78 is 1.63. The molecule has 3 aromatic rings. The van der Waals surface area contributed by atoms with Crippen LogP contribution in [-0.4, -0.2) is 35.2 Å². The molecule has 22 heavy (non-hydrogen) atoms. The van der Waals surface area contributed by atoms with E-state index in [-0.39, 0.29) is 0 Å². The molecule has 0 aliphatic rings. The quantitative estimate of drug-likeness (QED) is 0.742. The molecule has 0 amide bonds. The van der Waals surface area contributed by atoms with Crippen molar-refractivity contribution < 1.29 is 0 Å². The Morgan fingerprint density at radius 2 is 1.95 bits per heavy atom. The second-order valence-electron chi connectivity index (χ2n) is 4.90. The molecule has 0 atom stereocenters. The van der Waals surface area contributed by atoms with Crippen molar-refractivity contribution in [3.63, 3.8) is 0 Å². The summed E-state index contributed by atoms with van der Waals surface area (Å²) in [6, 6.07) is 5.73. The summed E-state index contributed by atoms with van der Waals surface area (Å²) in [5.74, 6) is 1.40. The molecule has 0 aromatic carbocycles. The molecule has 3 rings (SSSR count). The summed E-state index contributed by atoms with van der Waals surface area (Å²) in [6.07, 6.45) is 3.51. The predicted molar refractivity (Wildman–Crippen MR) is 79.0 cm³/mol. The fraction of sp³-hybridized carbons (Fsp3) is 0.286. The Morgan fingerprint density at radius 3 is 2.73 bits per heavy atom. The first-order valence-corrected chi connectivity index (χ1v) is 6.92. The van der Waals surface area contributed by atoms with Gasteiger partial charge in [-0.3, -0.25) is 9.97 Å². The van der Waals surface area contributed by atoms with Crippen molar-refractivity contribution in [2.45, 2.75) is 26.9 Å². The van der Waals surface area contributed by atoms with E-state index in [2.05, 4.69) is 35.8 Å². The monoisotopic (exact) mass is 296 g/mol. The van der Waals surface area contributed by atoms with Gasteiger partial charge in [0, 0.05) is 24.6 Å². The van der Waals surface area contributed by atoms with Crippen LogP contribution in [-0.2, 0) is 13.1 Å². The lowest BCUT2D eigenvalue weighted by molar-refractivity contribution is 0.627. The second kappa shape index (κ2) is 6.35. The molecule has 0 bridgehead atoms. The number of tetrazole rings is 1. The maximum atomic E-state index is 4.42. The van der Waals surface area contributed by atoms with Crippen LogP contribution in [0, 0.1) is 13.8 Å². The van der Waals surface area contributed by atoms with Gasteiger partial charge in [0.05, 0.1) is 17.9 Å². The van der Waals surface area contributed by atoms with E-state index in [1.165, 1.54) is 0 Å². The predicted octanol–water partition coefficient (Wildman–Crippen LogP) is 0.754. The third-order valence-electron chi connectivity index (χ3n) is 3.05.